The molecule has 2 N–H and O–H groups in total. The summed E-state index contributed by atoms with van der Waals surface area (Å²) in [4.78, 5) is 52.3. The minimum atomic E-state index is -5.24. The average Bonchev–Trinajstić information content (AvgIpc) is 3.42. The Hall–Kier alpha value is -3.31. The maximum atomic E-state index is 13.8. The van der Waals surface area contributed by atoms with Crippen molar-refractivity contribution in [1.82, 2.24) is 15.5 Å². The summed E-state index contributed by atoms with van der Waals surface area (Å²) in [6, 6.07) is 5.01. The number of likely N-dealkylation sites (tertiary alicyclic amines) is 1. The second kappa shape index (κ2) is 11.9. The van der Waals surface area contributed by atoms with Crippen molar-refractivity contribution in [1.29, 1.82) is 0 Å². The van der Waals surface area contributed by atoms with Crippen LogP contribution in [0.1, 0.15) is 50.5 Å². The minimum absolute atomic E-state index is 0.0160. The number of benzene rings is 1. The highest BCUT2D eigenvalue weighted by Gasteiger charge is 2.49. The van der Waals surface area contributed by atoms with Gasteiger partial charge in [0.25, 0.3) is 5.91 Å². The third-order valence-electron chi connectivity index (χ3n) is 9.17. The summed E-state index contributed by atoms with van der Waals surface area (Å²) in [5.74, 6) is -1.21. The monoisotopic (exact) mass is 579 g/mol. The van der Waals surface area contributed by atoms with Crippen molar-refractivity contribution in [2.75, 3.05) is 20.3 Å². The van der Waals surface area contributed by atoms with Crippen molar-refractivity contribution in [2.45, 2.75) is 75.7 Å². The molecule has 5 aliphatic rings. The molecule has 2 atom stereocenters. The molecule has 41 heavy (non-hydrogen) atoms. The summed E-state index contributed by atoms with van der Waals surface area (Å²) >= 11 is 0. The summed E-state index contributed by atoms with van der Waals surface area (Å²) < 4.78 is 46.8. The molecule has 6 rings (SSSR count). The molecule has 0 spiro atoms. The molecular weight excluding hydrogens is 543 g/mol. The molecule has 12 heteroatoms. The van der Waals surface area contributed by atoms with Crippen molar-refractivity contribution >= 4 is 23.7 Å². The van der Waals surface area contributed by atoms with Crippen molar-refractivity contribution in [3.05, 3.63) is 29.8 Å². The summed E-state index contributed by atoms with van der Waals surface area (Å²) in [5, 5.41) is 5.70. The van der Waals surface area contributed by atoms with Crippen LogP contribution < -0.4 is 15.4 Å². The Morgan fingerprint density at radius 2 is 1.63 bits per heavy atom. The molecule has 4 aliphatic carbocycles. The quantitative estimate of drug-likeness (QED) is 0.435. The summed E-state index contributed by atoms with van der Waals surface area (Å²) in [6.07, 6.45) is 1.72. The second-order valence-electron chi connectivity index (χ2n) is 11.9. The van der Waals surface area contributed by atoms with Crippen LogP contribution in [0, 0.1) is 23.7 Å². The zero-order valence-electron chi connectivity index (χ0n) is 23.0. The van der Waals surface area contributed by atoms with E-state index in [0.29, 0.717) is 42.5 Å². The van der Waals surface area contributed by atoms with Crippen LogP contribution in [-0.2, 0) is 30.3 Å². The van der Waals surface area contributed by atoms with Crippen molar-refractivity contribution < 1.29 is 41.8 Å². The Morgan fingerprint density at radius 1 is 1.00 bits per heavy atom. The number of methoxy groups -OCH3 is 1. The van der Waals surface area contributed by atoms with Crippen LogP contribution in [0.25, 0.3) is 0 Å². The first-order chi connectivity index (χ1) is 19.5. The van der Waals surface area contributed by atoms with Crippen LogP contribution in [-0.4, -0.2) is 73.2 Å². The second-order valence-corrected chi connectivity index (χ2v) is 11.9. The van der Waals surface area contributed by atoms with E-state index in [4.69, 9.17) is 4.74 Å². The smallest absolute Gasteiger partial charge is 0.490 e. The Bertz CT molecular complexity index is 1130. The van der Waals surface area contributed by atoms with Crippen molar-refractivity contribution in [3.8, 4) is 5.75 Å². The molecule has 5 fully saturated rings. The molecule has 224 valence electrons. The fraction of sp³-hybridized carbons (Fsp3) is 0.655. The lowest BCUT2D eigenvalue weighted by Gasteiger charge is -2.54. The number of carbonyl (C=O) groups excluding carboxylic acids is 4. The molecule has 3 amide bonds. The first kappa shape index (κ1) is 29.2. The zero-order valence-corrected chi connectivity index (χ0v) is 23.0. The van der Waals surface area contributed by atoms with Gasteiger partial charge in [0, 0.05) is 19.0 Å². The maximum absolute atomic E-state index is 13.8. The average molecular weight is 580 g/mol. The number of alkyl halides is 3. The Kier molecular flexibility index (Phi) is 8.47. The van der Waals surface area contributed by atoms with Crippen LogP contribution in [0.4, 0.5) is 13.2 Å². The third-order valence-corrected chi connectivity index (χ3v) is 9.17. The highest BCUT2D eigenvalue weighted by atomic mass is 19.4. The Morgan fingerprint density at radius 3 is 2.22 bits per heavy atom. The van der Waals surface area contributed by atoms with E-state index in [9.17, 15) is 32.3 Å². The van der Waals surface area contributed by atoms with E-state index < -0.39 is 42.7 Å². The van der Waals surface area contributed by atoms with Gasteiger partial charge in [-0.15, -0.1) is 0 Å². The first-order valence-corrected chi connectivity index (χ1v) is 14.3. The van der Waals surface area contributed by atoms with Gasteiger partial charge in [-0.1, -0.05) is 12.1 Å². The topological polar surface area (TPSA) is 114 Å². The molecule has 4 bridgehead atoms. The number of ether oxygens (including phenoxy) is 2. The minimum Gasteiger partial charge on any atom is -0.497 e. The van der Waals surface area contributed by atoms with Crippen LogP contribution in [0.5, 0.6) is 5.75 Å². The normalized spacial score (nSPS) is 29.1. The SMILES string of the molecule is COc1ccc(C[C@H](NC(=O)COC(=O)C(F)(F)F)C(=O)N2CCC[C@@H]2C(=O)NC2C3CC4CC(C3)CC2C4)cc1. The third kappa shape index (κ3) is 6.62. The van der Waals surface area contributed by atoms with E-state index in [-0.39, 0.29) is 18.4 Å². The molecule has 1 heterocycles. The van der Waals surface area contributed by atoms with E-state index in [2.05, 4.69) is 15.4 Å². The highest BCUT2D eigenvalue weighted by molar-refractivity contribution is 5.93. The molecule has 0 aromatic heterocycles. The standard InChI is InChI=1S/C29H36F3N3O6/c1-40-21-6-4-16(5-7-21)14-22(33-24(36)15-41-28(39)29(30,31)32)27(38)35-8-2-3-23(35)26(37)34-25-19-10-17-9-18(12-19)13-20(25)11-17/h4-7,17-20,22-23,25H,2-3,8-15H2,1H3,(H,33,36)(H,34,37)/t17?,18?,19?,20?,22-,23+,25?/m0/s1. The van der Waals surface area contributed by atoms with E-state index in [0.717, 1.165) is 37.5 Å². The van der Waals surface area contributed by atoms with Gasteiger partial charge in [0.2, 0.25) is 11.8 Å². The number of halogens is 3. The number of nitrogens with one attached hydrogen (secondary N) is 2. The number of esters is 1. The molecular formula is C29H36F3N3O6. The highest BCUT2D eigenvalue weighted by Crippen LogP contribution is 2.53. The van der Waals surface area contributed by atoms with Crippen molar-refractivity contribution in [2.24, 2.45) is 23.7 Å². The molecule has 1 saturated heterocycles. The number of amides is 3. The van der Waals surface area contributed by atoms with Gasteiger partial charge >= 0.3 is 12.1 Å². The van der Waals surface area contributed by atoms with Crippen LogP contribution in [0.15, 0.2) is 24.3 Å². The predicted molar refractivity (Wildman–Crippen MR) is 139 cm³/mol. The molecule has 1 aromatic rings. The molecule has 1 aliphatic heterocycles. The number of nitrogens with zero attached hydrogens (tertiary/aromatic N) is 1. The van der Waals surface area contributed by atoms with Gasteiger partial charge in [-0.2, -0.15) is 13.2 Å². The van der Waals surface area contributed by atoms with Crippen molar-refractivity contribution in [3.63, 3.8) is 0 Å². The Balaban J connectivity index is 1.26. The summed E-state index contributed by atoms with van der Waals surface area (Å²) in [7, 11) is 1.51. The first-order valence-electron chi connectivity index (χ1n) is 14.3. The van der Waals surface area contributed by atoms with Crippen LogP contribution >= 0.6 is 0 Å². The van der Waals surface area contributed by atoms with Gasteiger partial charge in [-0.3, -0.25) is 14.4 Å². The molecule has 9 nitrogen and oxygen atoms in total. The lowest BCUT2D eigenvalue weighted by atomic mass is 9.54. The fourth-order valence-corrected chi connectivity index (χ4v) is 7.57. The fourth-order valence-electron chi connectivity index (χ4n) is 7.57. The van der Waals surface area contributed by atoms with Crippen LogP contribution in [0.3, 0.4) is 0 Å². The van der Waals surface area contributed by atoms with Gasteiger partial charge in [0.1, 0.15) is 17.8 Å². The lowest BCUT2D eigenvalue weighted by Crippen LogP contribution is -2.60. The van der Waals surface area contributed by atoms with Gasteiger partial charge < -0.3 is 25.0 Å². The largest absolute Gasteiger partial charge is 0.497 e. The predicted octanol–water partition coefficient (Wildman–Crippen LogP) is 2.76. The van der Waals surface area contributed by atoms with Gasteiger partial charge in [0.15, 0.2) is 6.61 Å². The number of hydrogen-bond donors (Lipinski definition) is 2. The summed E-state index contributed by atoms with van der Waals surface area (Å²) in [5.41, 5.74) is 0.658. The van der Waals surface area contributed by atoms with Gasteiger partial charge in [-0.05, 0) is 86.3 Å². The maximum Gasteiger partial charge on any atom is 0.490 e. The molecule has 1 aromatic carbocycles. The van der Waals surface area contributed by atoms with E-state index in [1.807, 2.05) is 0 Å². The summed E-state index contributed by atoms with van der Waals surface area (Å²) in [6.45, 7) is -0.877. The number of hydrogen-bond acceptors (Lipinski definition) is 6. The lowest BCUT2D eigenvalue weighted by molar-refractivity contribution is -0.200. The van der Waals surface area contributed by atoms with Gasteiger partial charge in [-0.25, -0.2) is 4.79 Å². The molecule has 4 saturated carbocycles. The van der Waals surface area contributed by atoms with E-state index >= 15 is 0 Å². The zero-order chi connectivity index (χ0) is 29.3. The molecule has 0 radical (unpaired) electrons. The number of carbonyl (C=O) groups is 4. The molecule has 0 unspecified atom stereocenters. The van der Waals surface area contributed by atoms with E-state index in [1.165, 1.54) is 18.4 Å². The Labute approximate surface area is 236 Å². The van der Waals surface area contributed by atoms with Gasteiger partial charge in [0.05, 0.1) is 7.11 Å². The van der Waals surface area contributed by atoms with E-state index in [1.54, 1.807) is 24.3 Å². The van der Waals surface area contributed by atoms with Crippen LogP contribution in [0.2, 0.25) is 0 Å². The number of rotatable bonds is 9.